The van der Waals surface area contributed by atoms with Gasteiger partial charge < -0.3 is 19.7 Å². The second-order valence-corrected chi connectivity index (χ2v) is 12.3. The SMILES string of the molecule is CCCCN1CCCC[C@@H]1C(=O)N[C@H](C(=O)N(C)[C@H](C[C@@H](OC(C)=O)c1nc(C(=O)OC)cs1)C(C)C)[C@@H](C)CC. The number of carbonyl (C=O) groups excluding carboxylic acids is 4. The molecule has 2 amide bonds. The van der Waals surface area contributed by atoms with E-state index >= 15 is 0 Å². The van der Waals surface area contributed by atoms with E-state index < -0.39 is 24.1 Å². The minimum absolute atomic E-state index is 0.0122. The maximum absolute atomic E-state index is 14.0. The van der Waals surface area contributed by atoms with Gasteiger partial charge in [-0.2, -0.15) is 0 Å². The van der Waals surface area contributed by atoms with Gasteiger partial charge in [-0.1, -0.05) is 53.9 Å². The molecule has 1 aliphatic rings. The van der Waals surface area contributed by atoms with Crippen LogP contribution in [0, 0.1) is 11.8 Å². The molecular weight excluding hydrogens is 544 g/mol. The molecule has 1 aromatic heterocycles. The van der Waals surface area contributed by atoms with Crippen molar-refractivity contribution in [3.63, 3.8) is 0 Å². The molecule has 1 aliphatic heterocycles. The van der Waals surface area contributed by atoms with Crippen LogP contribution in [0.15, 0.2) is 5.38 Å². The highest BCUT2D eigenvalue weighted by molar-refractivity contribution is 7.09. The summed E-state index contributed by atoms with van der Waals surface area (Å²) in [6, 6.07) is -1.22. The number of nitrogens with one attached hydrogen (secondary N) is 1. The first-order valence-corrected chi connectivity index (χ1v) is 15.8. The van der Waals surface area contributed by atoms with Crippen LogP contribution in [0.4, 0.5) is 0 Å². The summed E-state index contributed by atoms with van der Waals surface area (Å²) in [5.41, 5.74) is 0.144. The lowest BCUT2D eigenvalue weighted by Gasteiger charge is -2.39. The predicted octanol–water partition coefficient (Wildman–Crippen LogP) is 4.59. The zero-order valence-electron chi connectivity index (χ0n) is 26.1. The molecule has 0 unspecified atom stereocenters. The fourth-order valence-corrected chi connectivity index (χ4v) is 6.19. The molecular formula is C30H50N4O6S. The van der Waals surface area contributed by atoms with Gasteiger partial charge >= 0.3 is 11.9 Å². The molecule has 11 heteroatoms. The first-order chi connectivity index (χ1) is 19.4. The Bertz CT molecular complexity index is 1010. The molecule has 0 spiro atoms. The van der Waals surface area contributed by atoms with Crippen LogP contribution in [0.2, 0.25) is 0 Å². The van der Waals surface area contributed by atoms with Crippen LogP contribution in [-0.4, -0.2) is 83.9 Å². The summed E-state index contributed by atoms with van der Waals surface area (Å²) in [6.45, 7) is 13.3. The average Bonchev–Trinajstić information content (AvgIpc) is 3.45. The summed E-state index contributed by atoms with van der Waals surface area (Å²) in [5.74, 6) is -1.35. The summed E-state index contributed by atoms with van der Waals surface area (Å²) in [7, 11) is 3.03. The highest BCUT2D eigenvalue weighted by atomic mass is 32.1. The maximum atomic E-state index is 14.0. The number of likely N-dealkylation sites (N-methyl/N-ethyl adjacent to an activating group) is 1. The Kier molecular flexibility index (Phi) is 14.2. The molecule has 1 N–H and O–H groups in total. The highest BCUT2D eigenvalue weighted by Gasteiger charge is 2.37. The van der Waals surface area contributed by atoms with Gasteiger partial charge in [-0.15, -0.1) is 11.3 Å². The maximum Gasteiger partial charge on any atom is 0.357 e. The number of unbranched alkanes of at least 4 members (excludes halogenated alkanes) is 1. The number of nitrogens with zero attached hydrogens (tertiary/aromatic N) is 3. The van der Waals surface area contributed by atoms with Gasteiger partial charge in [-0.05, 0) is 44.2 Å². The van der Waals surface area contributed by atoms with Gasteiger partial charge in [-0.25, -0.2) is 9.78 Å². The van der Waals surface area contributed by atoms with Crippen LogP contribution in [0.5, 0.6) is 0 Å². The lowest BCUT2D eigenvalue weighted by Crippen LogP contribution is -2.58. The zero-order valence-corrected chi connectivity index (χ0v) is 26.9. The summed E-state index contributed by atoms with van der Waals surface area (Å²) >= 11 is 1.21. The number of methoxy groups -OCH3 is 1. The molecule has 0 bridgehead atoms. The van der Waals surface area contributed by atoms with E-state index in [1.807, 2.05) is 27.7 Å². The summed E-state index contributed by atoms with van der Waals surface area (Å²) < 4.78 is 10.4. The molecule has 232 valence electrons. The van der Waals surface area contributed by atoms with Gasteiger partial charge in [0.05, 0.1) is 13.2 Å². The largest absolute Gasteiger partial charge is 0.464 e. The number of hydrogen-bond donors (Lipinski definition) is 1. The fourth-order valence-electron chi connectivity index (χ4n) is 5.36. The third kappa shape index (κ3) is 9.77. The second-order valence-electron chi connectivity index (χ2n) is 11.4. The van der Waals surface area contributed by atoms with Crippen molar-refractivity contribution < 1.29 is 28.7 Å². The quantitative estimate of drug-likeness (QED) is 0.293. The van der Waals surface area contributed by atoms with E-state index in [-0.39, 0.29) is 41.4 Å². The standard InChI is InChI=1S/C30H50N4O6S/c1-9-11-15-34-16-13-12-14-23(34)27(36)32-26(20(5)10-2)29(37)33(7)24(19(3)4)17-25(40-21(6)35)28-31-22(18-41-28)30(38)39-8/h18-20,23-26H,9-17H2,1-8H3,(H,32,36)/t20-,23+,24+,25+,26-/m0/s1. The molecule has 1 saturated heterocycles. The number of likely N-dealkylation sites (tertiary alicyclic amines) is 1. The van der Waals surface area contributed by atoms with E-state index in [9.17, 15) is 19.2 Å². The van der Waals surface area contributed by atoms with Crippen molar-refractivity contribution in [2.24, 2.45) is 11.8 Å². The minimum Gasteiger partial charge on any atom is -0.464 e. The van der Waals surface area contributed by atoms with Crippen molar-refractivity contribution in [3.05, 3.63) is 16.1 Å². The number of ether oxygens (including phenoxy) is 2. The fraction of sp³-hybridized carbons (Fsp3) is 0.767. The van der Waals surface area contributed by atoms with Crippen molar-refractivity contribution in [2.75, 3.05) is 27.2 Å². The highest BCUT2D eigenvalue weighted by Crippen LogP contribution is 2.31. The van der Waals surface area contributed by atoms with E-state index in [2.05, 4.69) is 22.1 Å². The molecule has 0 saturated carbocycles. The normalized spacial score (nSPS) is 18.7. The van der Waals surface area contributed by atoms with Crippen LogP contribution in [0.25, 0.3) is 0 Å². The van der Waals surface area contributed by atoms with Crippen LogP contribution in [-0.2, 0) is 23.9 Å². The van der Waals surface area contributed by atoms with Crippen LogP contribution < -0.4 is 5.32 Å². The Morgan fingerprint density at radius 3 is 2.49 bits per heavy atom. The van der Waals surface area contributed by atoms with Gasteiger partial charge in [0.2, 0.25) is 11.8 Å². The minimum atomic E-state index is -0.746. The van der Waals surface area contributed by atoms with Gasteiger partial charge in [0, 0.05) is 31.8 Å². The summed E-state index contributed by atoms with van der Waals surface area (Å²) in [5, 5.41) is 5.17. The first kappa shape index (κ1) is 34.7. The lowest BCUT2D eigenvalue weighted by molar-refractivity contribution is -0.149. The average molecular weight is 595 g/mol. The van der Waals surface area contributed by atoms with Gasteiger partial charge in [0.1, 0.15) is 11.0 Å². The Morgan fingerprint density at radius 2 is 1.90 bits per heavy atom. The number of hydrogen-bond acceptors (Lipinski definition) is 9. The smallest absolute Gasteiger partial charge is 0.357 e. The summed E-state index contributed by atoms with van der Waals surface area (Å²) in [4.78, 5) is 59.9. The number of aromatic nitrogens is 1. The molecule has 0 radical (unpaired) electrons. The predicted molar refractivity (Wildman–Crippen MR) is 159 cm³/mol. The monoisotopic (exact) mass is 594 g/mol. The van der Waals surface area contributed by atoms with Crippen molar-refractivity contribution in [1.29, 1.82) is 0 Å². The van der Waals surface area contributed by atoms with E-state index in [0.717, 1.165) is 51.6 Å². The van der Waals surface area contributed by atoms with Crippen molar-refractivity contribution in [3.8, 4) is 0 Å². The van der Waals surface area contributed by atoms with Crippen LogP contribution >= 0.6 is 11.3 Å². The Hall–Kier alpha value is -2.53. The van der Waals surface area contributed by atoms with E-state index in [0.29, 0.717) is 11.4 Å². The molecule has 2 rings (SSSR count). The Morgan fingerprint density at radius 1 is 1.20 bits per heavy atom. The van der Waals surface area contributed by atoms with E-state index in [1.54, 1.807) is 17.3 Å². The third-order valence-electron chi connectivity index (χ3n) is 8.06. The van der Waals surface area contributed by atoms with Gasteiger partial charge in [0.25, 0.3) is 0 Å². The third-order valence-corrected chi connectivity index (χ3v) is 9.00. The number of thiazole rings is 1. The summed E-state index contributed by atoms with van der Waals surface area (Å²) in [6.07, 6.45) is 5.28. The molecule has 41 heavy (non-hydrogen) atoms. The van der Waals surface area contributed by atoms with Crippen LogP contribution in [0.3, 0.4) is 0 Å². The molecule has 0 aliphatic carbocycles. The van der Waals surface area contributed by atoms with Crippen molar-refractivity contribution >= 4 is 35.1 Å². The molecule has 1 fully saturated rings. The zero-order chi connectivity index (χ0) is 30.7. The van der Waals surface area contributed by atoms with E-state index in [1.165, 1.54) is 25.4 Å². The second kappa shape index (κ2) is 16.8. The van der Waals surface area contributed by atoms with E-state index in [4.69, 9.17) is 9.47 Å². The Balaban J connectivity index is 2.28. The van der Waals surface area contributed by atoms with Crippen molar-refractivity contribution in [2.45, 2.75) is 111 Å². The number of rotatable bonds is 15. The number of amides is 2. The van der Waals surface area contributed by atoms with Gasteiger partial charge in [-0.3, -0.25) is 19.3 Å². The topological polar surface area (TPSA) is 118 Å². The molecule has 10 nitrogen and oxygen atoms in total. The molecule has 0 aromatic carbocycles. The van der Waals surface area contributed by atoms with Crippen LogP contribution in [0.1, 0.15) is 108 Å². The lowest BCUT2D eigenvalue weighted by atomic mass is 9.92. The number of carbonyl (C=O) groups is 4. The van der Waals surface area contributed by atoms with Gasteiger partial charge in [0.15, 0.2) is 11.8 Å². The number of esters is 2. The molecule has 5 atom stereocenters. The van der Waals surface area contributed by atoms with Crippen molar-refractivity contribution in [1.82, 2.24) is 20.1 Å². The number of piperidine rings is 1. The molecule has 2 heterocycles. The molecule has 1 aromatic rings. The first-order valence-electron chi connectivity index (χ1n) is 15.0. The Labute approximate surface area is 249 Å².